The highest BCUT2D eigenvalue weighted by Gasteiger charge is 2.19. The molecule has 1 aliphatic rings. The van der Waals surface area contributed by atoms with E-state index in [4.69, 9.17) is 4.74 Å². The van der Waals surface area contributed by atoms with Crippen LogP contribution in [0.2, 0.25) is 0 Å². The molecular weight excluding hydrogens is 360 g/mol. The molecule has 0 aliphatic carbocycles. The van der Waals surface area contributed by atoms with Crippen molar-refractivity contribution in [2.45, 2.75) is 32.5 Å². The molecule has 1 N–H and O–H groups in total. The third-order valence-electron chi connectivity index (χ3n) is 5.39. The van der Waals surface area contributed by atoms with Gasteiger partial charge in [0.15, 0.2) is 0 Å². The molecule has 0 spiro atoms. The van der Waals surface area contributed by atoms with Gasteiger partial charge in [-0.3, -0.25) is 9.47 Å². The average molecular weight is 391 g/mol. The summed E-state index contributed by atoms with van der Waals surface area (Å²) in [4.78, 5) is 7.02. The number of hydrogen-bond acceptors (Lipinski definition) is 4. The molecule has 0 amide bonds. The first-order valence-electron chi connectivity index (χ1n) is 10.5. The lowest BCUT2D eigenvalue weighted by molar-refractivity contribution is 0.0532. The van der Waals surface area contributed by atoms with E-state index < -0.39 is 0 Å². The van der Waals surface area contributed by atoms with Crippen molar-refractivity contribution in [3.05, 3.63) is 83.9 Å². The number of imidazole rings is 1. The van der Waals surface area contributed by atoms with Crippen LogP contribution in [0.5, 0.6) is 0 Å². The maximum Gasteiger partial charge on any atom is 0.110 e. The van der Waals surface area contributed by atoms with Crippen LogP contribution in [0.1, 0.15) is 23.5 Å². The third kappa shape index (κ3) is 5.32. The molecule has 5 nitrogen and oxygen atoms in total. The molecule has 3 aromatic rings. The smallest absolute Gasteiger partial charge is 0.110 e. The number of nitrogens with zero attached hydrogens (tertiary/aromatic N) is 3. The molecule has 1 aliphatic heterocycles. The van der Waals surface area contributed by atoms with Gasteiger partial charge in [-0.05, 0) is 31.0 Å². The standard InChI is InChI=1S/C24H30N4O/c1-20-26-16-23(28(20)22-11-6-3-7-12-22)15-25-17-24-19-27(13-8-14-29-24)18-21-9-4-2-5-10-21/h2-7,9-12,16,24-25H,8,13-15,17-19H2,1H3. The summed E-state index contributed by atoms with van der Waals surface area (Å²) in [5.74, 6) is 1.01. The summed E-state index contributed by atoms with van der Waals surface area (Å²) in [6.07, 6.45) is 3.25. The molecule has 4 rings (SSSR count). The van der Waals surface area contributed by atoms with Gasteiger partial charge in [0.2, 0.25) is 0 Å². The van der Waals surface area contributed by atoms with Crippen LogP contribution in [0.25, 0.3) is 5.69 Å². The largest absolute Gasteiger partial charge is 0.376 e. The van der Waals surface area contributed by atoms with Gasteiger partial charge in [-0.25, -0.2) is 4.98 Å². The van der Waals surface area contributed by atoms with Crippen LogP contribution in [0.3, 0.4) is 0 Å². The van der Waals surface area contributed by atoms with Crippen LogP contribution in [0.4, 0.5) is 0 Å². The maximum atomic E-state index is 6.10. The second kappa shape index (κ2) is 9.83. The molecule has 1 unspecified atom stereocenters. The Morgan fingerprint density at radius 2 is 1.83 bits per heavy atom. The van der Waals surface area contributed by atoms with Crippen molar-refractivity contribution < 1.29 is 4.74 Å². The predicted molar refractivity (Wildman–Crippen MR) is 116 cm³/mol. The summed E-state index contributed by atoms with van der Waals surface area (Å²) >= 11 is 0. The quantitative estimate of drug-likeness (QED) is 0.670. The highest BCUT2D eigenvalue weighted by molar-refractivity contribution is 5.35. The highest BCUT2D eigenvalue weighted by Crippen LogP contribution is 2.15. The summed E-state index contributed by atoms with van der Waals surface area (Å²) in [7, 11) is 0. The lowest BCUT2D eigenvalue weighted by Gasteiger charge is -2.24. The van der Waals surface area contributed by atoms with Gasteiger partial charge in [0.05, 0.1) is 18.0 Å². The average Bonchev–Trinajstić information content (AvgIpc) is 2.97. The van der Waals surface area contributed by atoms with Gasteiger partial charge >= 0.3 is 0 Å². The zero-order valence-electron chi connectivity index (χ0n) is 17.1. The van der Waals surface area contributed by atoms with E-state index in [0.29, 0.717) is 0 Å². The van der Waals surface area contributed by atoms with E-state index in [0.717, 1.165) is 57.3 Å². The topological polar surface area (TPSA) is 42.3 Å². The normalized spacial score (nSPS) is 17.9. The molecule has 0 saturated carbocycles. The van der Waals surface area contributed by atoms with Crippen LogP contribution in [0.15, 0.2) is 66.9 Å². The lowest BCUT2D eigenvalue weighted by Crippen LogP contribution is -2.38. The number of para-hydroxylation sites is 1. The van der Waals surface area contributed by atoms with Gasteiger partial charge in [0.25, 0.3) is 0 Å². The van der Waals surface area contributed by atoms with Crippen molar-refractivity contribution in [1.29, 1.82) is 0 Å². The minimum Gasteiger partial charge on any atom is -0.376 e. The van der Waals surface area contributed by atoms with E-state index in [9.17, 15) is 0 Å². The van der Waals surface area contributed by atoms with Crippen LogP contribution in [0, 0.1) is 6.92 Å². The molecule has 1 aromatic heterocycles. The molecule has 2 aromatic carbocycles. The van der Waals surface area contributed by atoms with E-state index in [1.165, 1.54) is 11.3 Å². The predicted octanol–water partition coefficient (Wildman–Crippen LogP) is 3.56. The van der Waals surface area contributed by atoms with E-state index in [1.54, 1.807) is 0 Å². The fraction of sp³-hybridized carbons (Fsp3) is 0.375. The highest BCUT2D eigenvalue weighted by atomic mass is 16.5. The fourth-order valence-corrected chi connectivity index (χ4v) is 3.99. The molecule has 1 fully saturated rings. The van der Waals surface area contributed by atoms with Crippen LogP contribution >= 0.6 is 0 Å². The number of aryl methyl sites for hydroxylation is 1. The lowest BCUT2D eigenvalue weighted by atomic mass is 10.2. The number of benzene rings is 2. The first-order chi connectivity index (χ1) is 14.3. The summed E-state index contributed by atoms with van der Waals surface area (Å²) in [5, 5.41) is 3.59. The molecule has 1 atom stereocenters. The number of hydrogen-bond donors (Lipinski definition) is 1. The zero-order valence-corrected chi connectivity index (χ0v) is 17.1. The molecular formula is C24H30N4O. The van der Waals surface area contributed by atoms with E-state index in [1.807, 2.05) is 19.2 Å². The first-order valence-corrected chi connectivity index (χ1v) is 10.5. The SMILES string of the molecule is Cc1ncc(CNCC2CN(Cc3ccccc3)CCCO2)n1-c1ccccc1. The summed E-state index contributed by atoms with van der Waals surface area (Å²) in [6, 6.07) is 21.1. The Morgan fingerprint density at radius 1 is 1.07 bits per heavy atom. The zero-order chi connectivity index (χ0) is 19.9. The third-order valence-corrected chi connectivity index (χ3v) is 5.39. The van der Waals surface area contributed by atoms with E-state index in [2.05, 4.69) is 74.4 Å². The van der Waals surface area contributed by atoms with Crippen molar-refractivity contribution >= 4 is 0 Å². The number of ether oxygens (including phenoxy) is 1. The summed E-state index contributed by atoms with van der Waals surface area (Å²) in [6.45, 7) is 7.52. The first kappa shape index (κ1) is 19.8. The van der Waals surface area contributed by atoms with E-state index >= 15 is 0 Å². The van der Waals surface area contributed by atoms with Gasteiger partial charge < -0.3 is 10.1 Å². The monoisotopic (exact) mass is 390 g/mol. The Kier molecular flexibility index (Phi) is 6.72. The van der Waals surface area contributed by atoms with Gasteiger partial charge in [-0.15, -0.1) is 0 Å². The maximum absolute atomic E-state index is 6.10. The molecule has 5 heteroatoms. The van der Waals surface area contributed by atoms with Crippen LogP contribution in [-0.2, 0) is 17.8 Å². The minimum atomic E-state index is 0.204. The second-order valence-corrected chi connectivity index (χ2v) is 7.67. The van der Waals surface area contributed by atoms with Crippen LogP contribution in [-0.4, -0.2) is 46.8 Å². The van der Waals surface area contributed by atoms with Crippen molar-refractivity contribution in [1.82, 2.24) is 19.8 Å². The minimum absolute atomic E-state index is 0.204. The fourth-order valence-electron chi connectivity index (χ4n) is 3.99. The number of nitrogens with one attached hydrogen (secondary N) is 1. The molecule has 29 heavy (non-hydrogen) atoms. The molecule has 0 bridgehead atoms. The summed E-state index contributed by atoms with van der Waals surface area (Å²) < 4.78 is 8.31. The van der Waals surface area contributed by atoms with Crippen molar-refractivity contribution in [2.24, 2.45) is 0 Å². The van der Waals surface area contributed by atoms with Crippen LogP contribution < -0.4 is 5.32 Å². The Hall–Kier alpha value is -2.47. The van der Waals surface area contributed by atoms with Crippen molar-refractivity contribution in [3.8, 4) is 5.69 Å². The number of rotatable bonds is 7. The van der Waals surface area contributed by atoms with E-state index in [-0.39, 0.29) is 6.10 Å². The molecule has 2 heterocycles. The van der Waals surface area contributed by atoms with Crippen molar-refractivity contribution in [2.75, 3.05) is 26.2 Å². The molecule has 0 radical (unpaired) electrons. The molecule has 152 valence electrons. The number of aromatic nitrogens is 2. The van der Waals surface area contributed by atoms with Gasteiger partial charge in [0.1, 0.15) is 5.82 Å². The molecule has 1 saturated heterocycles. The summed E-state index contributed by atoms with van der Waals surface area (Å²) in [5.41, 5.74) is 3.69. The Labute approximate surface area is 173 Å². The van der Waals surface area contributed by atoms with Gasteiger partial charge in [-0.2, -0.15) is 0 Å². The second-order valence-electron chi connectivity index (χ2n) is 7.67. The Morgan fingerprint density at radius 3 is 2.62 bits per heavy atom. The van der Waals surface area contributed by atoms with Gasteiger partial charge in [-0.1, -0.05) is 48.5 Å². The van der Waals surface area contributed by atoms with Crippen molar-refractivity contribution in [3.63, 3.8) is 0 Å². The Balaban J connectivity index is 1.33. The van der Waals surface area contributed by atoms with Gasteiger partial charge in [0, 0.05) is 45.0 Å². The Bertz CT molecular complexity index is 878.